The summed E-state index contributed by atoms with van der Waals surface area (Å²) in [6, 6.07) is 3.05. The van der Waals surface area contributed by atoms with E-state index >= 15 is 0 Å². The summed E-state index contributed by atoms with van der Waals surface area (Å²) in [5.74, 6) is -0.0296. The van der Waals surface area contributed by atoms with Gasteiger partial charge < -0.3 is 4.90 Å². The van der Waals surface area contributed by atoms with Crippen molar-refractivity contribution < 1.29 is 18.0 Å². The quantitative estimate of drug-likeness (QED) is 0.660. The fourth-order valence-electron chi connectivity index (χ4n) is 2.93. The lowest BCUT2D eigenvalue weighted by Gasteiger charge is -2.31. The predicted octanol–water partition coefficient (Wildman–Crippen LogP) is 5.23. The van der Waals surface area contributed by atoms with E-state index < -0.39 is 11.7 Å². The van der Waals surface area contributed by atoms with Crippen molar-refractivity contribution in [2.75, 3.05) is 13.1 Å². The first-order chi connectivity index (χ1) is 12.3. The summed E-state index contributed by atoms with van der Waals surface area (Å²) in [6.07, 6.45) is 1.76. The summed E-state index contributed by atoms with van der Waals surface area (Å²) in [4.78, 5) is 18.4. The molecule has 1 atom stereocenters. The minimum atomic E-state index is -4.45. The highest BCUT2D eigenvalue weighted by Crippen LogP contribution is 2.32. The molecule has 138 valence electrons. The molecule has 1 amide bonds. The van der Waals surface area contributed by atoms with Crippen LogP contribution < -0.4 is 0 Å². The SMILES string of the molecule is O=C(/C=C/c1cc(C(F)(F)F)ccc1Cl)N1CCCC(c2nccs2)C1. The maximum Gasteiger partial charge on any atom is 0.416 e. The minimum absolute atomic E-state index is 0.168. The fourth-order valence-corrected chi connectivity index (χ4v) is 3.88. The summed E-state index contributed by atoms with van der Waals surface area (Å²) in [7, 11) is 0. The van der Waals surface area contributed by atoms with Gasteiger partial charge in [-0.1, -0.05) is 11.6 Å². The van der Waals surface area contributed by atoms with Crippen LogP contribution in [0.3, 0.4) is 0 Å². The maximum absolute atomic E-state index is 12.8. The van der Waals surface area contributed by atoms with Gasteiger partial charge in [-0.3, -0.25) is 4.79 Å². The zero-order valence-corrected chi connectivity index (χ0v) is 15.2. The van der Waals surface area contributed by atoms with E-state index in [4.69, 9.17) is 11.6 Å². The van der Waals surface area contributed by atoms with Crippen LogP contribution in [0.2, 0.25) is 5.02 Å². The first kappa shape index (κ1) is 18.9. The van der Waals surface area contributed by atoms with E-state index in [1.807, 2.05) is 5.38 Å². The average molecular weight is 401 g/mol. The van der Waals surface area contributed by atoms with Gasteiger partial charge in [0.2, 0.25) is 5.91 Å². The van der Waals surface area contributed by atoms with E-state index in [1.165, 1.54) is 18.2 Å². The fraction of sp³-hybridized carbons (Fsp3) is 0.333. The number of hydrogen-bond donors (Lipinski definition) is 0. The van der Waals surface area contributed by atoms with Gasteiger partial charge in [-0.2, -0.15) is 13.2 Å². The number of carbonyl (C=O) groups is 1. The summed E-state index contributed by atoms with van der Waals surface area (Å²) in [5.41, 5.74) is -0.626. The largest absolute Gasteiger partial charge is 0.416 e. The number of piperidine rings is 1. The lowest BCUT2D eigenvalue weighted by atomic mass is 9.98. The molecule has 3 rings (SSSR count). The van der Waals surface area contributed by atoms with Crippen LogP contribution in [0.4, 0.5) is 13.2 Å². The standard InChI is InChI=1S/C18H16ClF3N2OS/c19-15-5-4-14(18(20,21)22)10-12(15)3-6-16(25)24-8-1-2-13(11-24)17-23-7-9-26-17/h3-7,9-10,13H,1-2,8,11H2/b6-3+. The molecule has 0 bridgehead atoms. The molecule has 2 aromatic rings. The molecule has 1 aromatic heterocycles. The third-order valence-corrected chi connectivity index (χ3v) is 5.54. The number of alkyl halides is 3. The second-order valence-electron chi connectivity index (χ2n) is 6.06. The van der Waals surface area contributed by atoms with Crippen molar-refractivity contribution >= 4 is 34.9 Å². The normalized spacial score (nSPS) is 18.5. The van der Waals surface area contributed by atoms with Crippen molar-refractivity contribution in [2.45, 2.75) is 24.9 Å². The van der Waals surface area contributed by atoms with Gasteiger partial charge in [0.25, 0.3) is 0 Å². The predicted molar refractivity (Wildman–Crippen MR) is 96.2 cm³/mol. The monoisotopic (exact) mass is 400 g/mol. The van der Waals surface area contributed by atoms with Crippen molar-refractivity contribution in [2.24, 2.45) is 0 Å². The van der Waals surface area contributed by atoms with E-state index in [1.54, 1.807) is 22.4 Å². The molecule has 3 nitrogen and oxygen atoms in total. The van der Waals surface area contributed by atoms with Gasteiger partial charge in [0, 0.05) is 41.7 Å². The second-order valence-corrected chi connectivity index (χ2v) is 7.39. The van der Waals surface area contributed by atoms with Gasteiger partial charge >= 0.3 is 6.18 Å². The van der Waals surface area contributed by atoms with Gasteiger partial charge in [0.15, 0.2) is 0 Å². The molecule has 2 heterocycles. The third kappa shape index (κ3) is 4.45. The number of thiazole rings is 1. The number of rotatable bonds is 3. The van der Waals surface area contributed by atoms with Crippen LogP contribution in [0, 0.1) is 0 Å². The minimum Gasteiger partial charge on any atom is -0.338 e. The molecule has 26 heavy (non-hydrogen) atoms. The Morgan fingerprint density at radius 3 is 2.88 bits per heavy atom. The number of amides is 1. The van der Waals surface area contributed by atoms with Gasteiger partial charge in [0.1, 0.15) is 0 Å². The van der Waals surface area contributed by atoms with Crippen LogP contribution >= 0.6 is 22.9 Å². The Morgan fingerprint density at radius 1 is 1.38 bits per heavy atom. The van der Waals surface area contributed by atoms with Crippen LogP contribution in [0.15, 0.2) is 35.9 Å². The first-order valence-electron chi connectivity index (χ1n) is 8.07. The molecule has 0 spiro atoms. The number of hydrogen-bond acceptors (Lipinski definition) is 3. The Hall–Kier alpha value is -1.86. The van der Waals surface area contributed by atoms with Gasteiger partial charge in [0.05, 0.1) is 10.6 Å². The molecule has 0 saturated carbocycles. The van der Waals surface area contributed by atoms with Gasteiger partial charge in [-0.15, -0.1) is 11.3 Å². The van der Waals surface area contributed by atoms with Crippen molar-refractivity contribution in [3.63, 3.8) is 0 Å². The Labute approximate surface area is 158 Å². The lowest BCUT2D eigenvalue weighted by Crippen LogP contribution is -2.38. The molecule has 1 fully saturated rings. The molecule has 8 heteroatoms. The van der Waals surface area contributed by atoms with Gasteiger partial charge in [-0.05, 0) is 42.7 Å². The number of likely N-dealkylation sites (tertiary alicyclic amines) is 1. The smallest absolute Gasteiger partial charge is 0.338 e. The summed E-state index contributed by atoms with van der Waals surface area (Å²) in [5, 5.41) is 3.08. The van der Waals surface area contributed by atoms with E-state index in [-0.39, 0.29) is 22.4 Å². The molecule has 0 aliphatic carbocycles. The Morgan fingerprint density at radius 2 is 2.19 bits per heavy atom. The number of benzene rings is 1. The number of nitrogens with zero attached hydrogens (tertiary/aromatic N) is 2. The molecule has 0 radical (unpaired) electrons. The lowest BCUT2D eigenvalue weighted by molar-refractivity contribution is -0.137. The van der Waals surface area contributed by atoms with Crippen molar-refractivity contribution in [3.8, 4) is 0 Å². The highest BCUT2D eigenvalue weighted by Gasteiger charge is 2.30. The van der Waals surface area contributed by atoms with Crippen LogP contribution in [0.25, 0.3) is 6.08 Å². The molecule has 1 aromatic carbocycles. The van der Waals surface area contributed by atoms with E-state index in [0.717, 1.165) is 30.0 Å². The number of halogens is 4. The maximum atomic E-state index is 12.8. The molecule has 1 aliphatic rings. The molecule has 0 N–H and O–H groups in total. The topological polar surface area (TPSA) is 33.2 Å². The van der Waals surface area contributed by atoms with Gasteiger partial charge in [-0.25, -0.2) is 4.98 Å². The third-order valence-electron chi connectivity index (χ3n) is 4.26. The van der Waals surface area contributed by atoms with Crippen molar-refractivity contribution in [3.05, 3.63) is 57.0 Å². The highest BCUT2D eigenvalue weighted by atomic mass is 35.5. The molecule has 1 unspecified atom stereocenters. The molecule has 1 aliphatic heterocycles. The van der Waals surface area contributed by atoms with E-state index in [0.29, 0.717) is 13.1 Å². The number of aromatic nitrogens is 1. The summed E-state index contributed by atoms with van der Waals surface area (Å²) in [6.45, 7) is 1.19. The van der Waals surface area contributed by atoms with Crippen molar-refractivity contribution in [1.82, 2.24) is 9.88 Å². The summed E-state index contributed by atoms with van der Waals surface area (Å²) >= 11 is 7.52. The Bertz CT molecular complexity index is 805. The zero-order valence-electron chi connectivity index (χ0n) is 13.7. The first-order valence-corrected chi connectivity index (χ1v) is 9.33. The van der Waals surface area contributed by atoms with Crippen LogP contribution in [-0.2, 0) is 11.0 Å². The number of carbonyl (C=O) groups excluding carboxylic acids is 1. The molecular weight excluding hydrogens is 385 g/mol. The highest BCUT2D eigenvalue weighted by molar-refractivity contribution is 7.09. The molecular formula is C18H16ClF3N2OS. The zero-order chi connectivity index (χ0) is 18.7. The van der Waals surface area contributed by atoms with Crippen LogP contribution in [0.5, 0.6) is 0 Å². The van der Waals surface area contributed by atoms with Crippen LogP contribution in [-0.4, -0.2) is 28.9 Å². The van der Waals surface area contributed by atoms with Crippen LogP contribution in [0.1, 0.15) is 34.9 Å². The van der Waals surface area contributed by atoms with Crippen molar-refractivity contribution in [1.29, 1.82) is 0 Å². The van der Waals surface area contributed by atoms with E-state index in [9.17, 15) is 18.0 Å². The summed E-state index contributed by atoms with van der Waals surface area (Å²) < 4.78 is 38.5. The Balaban J connectivity index is 1.71. The molecule has 1 saturated heterocycles. The van der Waals surface area contributed by atoms with E-state index in [2.05, 4.69) is 4.98 Å². The average Bonchev–Trinajstić information content (AvgIpc) is 3.14. The second kappa shape index (κ2) is 7.80. The Kier molecular flexibility index (Phi) is 5.67.